The number of pyridine rings is 2. The van der Waals surface area contributed by atoms with Crippen molar-refractivity contribution < 1.29 is 18.6 Å². The van der Waals surface area contributed by atoms with Crippen LogP contribution < -0.4 is 9.64 Å². The number of hydrogen-bond donors (Lipinski definition) is 1. The van der Waals surface area contributed by atoms with Crippen molar-refractivity contribution in [1.82, 2.24) is 9.97 Å². The summed E-state index contributed by atoms with van der Waals surface area (Å²) in [6.45, 7) is 7.89. The number of aromatic nitrogens is 2. The molecule has 1 N–H and O–H groups in total. The lowest BCUT2D eigenvalue weighted by Crippen LogP contribution is -2.37. The van der Waals surface area contributed by atoms with Gasteiger partial charge in [-0.25, -0.2) is 9.83 Å². The molecule has 2 aromatic heterocycles. The highest BCUT2D eigenvalue weighted by molar-refractivity contribution is 7.98. The molecule has 3 heterocycles. The summed E-state index contributed by atoms with van der Waals surface area (Å²) in [6, 6.07) is 11.6. The number of anilines is 1. The van der Waals surface area contributed by atoms with Gasteiger partial charge in [-0.1, -0.05) is 18.2 Å². The van der Waals surface area contributed by atoms with E-state index in [0.29, 0.717) is 27.7 Å². The van der Waals surface area contributed by atoms with Crippen molar-refractivity contribution in [1.29, 1.82) is 5.26 Å². The Kier molecular flexibility index (Phi) is 6.92. The fraction of sp³-hybridized carbons (Fsp3) is 0.250. The van der Waals surface area contributed by atoms with Gasteiger partial charge in [-0.15, -0.1) is 11.8 Å². The highest BCUT2D eigenvalue weighted by Crippen LogP contribution is 2.45. The van der Waals surface area contributed by atoms with Crippen LogP contribution in [0.1, 0.15) is 17.5 Å². The van der Waals surface area contributed by atoms with E-state index >= 15 is 0 Å². The maximum absolute atomic E-state index is 13.4. The predicted octanol–water partition coefficient (Wildman–Crippen LogP) is 5.03. The molecule has 0 aliphatic carbocycles. The van der Waals surface area contributed by atoms with Crippen molar-refractivity contribution in [2.24, 2.45) is 0 Å². The van der Waals surface area contributed by atoms with Gasteiger partial charge in [0.05, 0.1) is 12.1 Å². The Bertz CT molecular complexity index is 1250. The lowest BCUT2D eigenvalue weighted by molar-refractivity contribution is -0.200. The average molecular weight is 480 g/mol. The molecule has 4 rings (SSSR count). The summed E-state index contributed by atoms with van der Waals surface area (Å²) in [5.41, 5.74) is 2.37. The Hall–Kier alpha value is -3.73. The molecule has 34 heavy (non-hydrogen) atoms. The van der Waals surface area contributed by atoms with Crippen molar-refractivity contribution in [3.63, 3.8) is 0 Å². The largest absolute Gasteiger partial charge is 0.431 e. The van der Waals surface area contributed by atoms with E-state index in [1.807, 2.05) is 17.0 Å². The minimum atomic E-state index is -3.71. The summed E-state index contributed by atoms with van der Waals surface area (Å²) in [4.78, 5) is 14.5. The minimum absolute atomic E-state index is 0.145. The van der Waals surface area contributed by atoms with Crippen LogP contribution in [-0.2, 0) is 5.75 Å². The fourth-order valence-electron chi connectivity index (χ4n) is 3.42. The van der Waals surface area contributed by atoms with Gasteiger partial charge in [-0.2, -0.15) is 14.0 Å². The first kappa shape index (κ1) is 23.4. The Labute approximate surface area is 199 Å². The van der Waals surface area contributed by atoms with E-state index < -0.39 is 12.7 Å². The van der Waals surface area contributed by atoms with E-state index in [1.54, 1.807) is 12.4 Å². The summed E-state index contributed by atoms with van der Waals surface area (Å²) in [7, 11) is 0. The number of thioether (sulfide) groups is 1. The van der Waals surface area contributed by atoms with Crippen LogP contribution in [0.25, 0.3) is 16.0 Å². The molecule has 0 spiro atoms. The van der Waals surface area contributed by atoms with Crippen LogP contribution in [0.3, 0.4) is 0 Å². The Morgan fingerprint density at radius 2 is 2.03 bits per heavy atom. The molecule has 1 fully saturated rings. The number of ether oxygens (including phenoxy) is 1. The molecule has 1 aliphatic heterocycles. The summed E-state index contributed by atoms with van der Waals surface area (Å²) in [5, 5.41) is 19.3. The molecule has 0 unspecified atom stereocenters. The molecule has 0 saturated carbocycles. The first-order valence-corrected chi connectivity index (χ1v) is 11.3. The van der Waals surface area contributed by atoms with E-state index in [-0.39, 0.29) is 17.0 Å². The van der Waals surface area contributed by atoms with Gasteiger partial charge in [0.2, 0.25) is 5.69 Å². The molecule has 0 amide bonds. The highest BCUT2D eigenvalue weighted by atomic mass is 32.2. The maximum Gasteiger partial charge on any atom is 0.421 e. The second kappa shape index (κ2) is 10.0. The van der Waals surface area contributed by atoms with E-state index in [1.165, 1.54) is 36.0 Å². The molecule has 0 bridgehead atoms. The molecule has 0 atom stereocenters. The van der Waals surface area contributed by atoms with Gasteiger partial charge in [0, 0.05) is 36.8 Å². The second-order valence-electron chi connectivity index (χ2n) is 7.48. The van der Waals surface area contributed by atoms with Crippen molar-refractivity contribution >= 4 is 23.3 Å². The standard InChI is InChI=1S/C24H19F2N5O2S/c1-28-21-20(17-5-7-18(8-6-17)33-24(25,26)15-32)19(12-27)23(30-22(21)31-10-3-11-31)34-14-16-4-2-9-29-13-16/h2,4-9,13,32H,3,10-11,14-15H2. The quantitative estimate of drug-likeness (QED) is 0.358. The van der Waals surface area contributed by atoms with Crippen molar-refractivity contribution in [3.8, 4) is 22.9 Å². The van der Waals surface area contributed by atoms with Gasteiger partial charge < -0.3 is 14.7 Å². The highest BCUT2D eigenvalue weighted by Gasteiger charge is 2.31. The number of rotatable bonds is 8. The summed E-state index contributed by atoms with van der Waals surface area (Å²) in [6.07, 6.45) is 0.697. The van der Waals surface area contributed by atoms with Gasteiger partial charge in [0.25, 0.3) is 0 Å². The first-order chi connectivity index (χ1) is 16.5. The molecular formula is C24H19F2N5O2S. The molecule has 3 aromatic rings. The smallest absolute Gasteiger partial charge is 0.421 e. The topological polar surface area (TPSA) is 86.6 Å². The van der Waals surface area contributed by atoms with Crippen LogP contribution in [-0.4, -0.2) is 40.9 Å². The predicted molar refractivity (Wildman–Crippen MR) is 124 cm³/mol. The van der Waals surface area contributed by atoms with Crippen LogP contribution in [0.2, 0.25) is 0 Å². The van der Waals surface area contributed by atoms with Crippen molar-refractivity contribution in [2.45, 2.75) is 23.3 Å². The number of nitriles is 1. The summed E-state index contributed by atoms with van der Waals surface area (Å²) < 4.78 is 31.3. The van der Waals surface area contributed by atoms with Crippen LogP contribution in [0.4, 0.5) is 20.3 Å². The maximum atomic E-state index is 13.4. The molecule has 172 valence electrons. The number of benzene rings is 1. The molecular weight excluding hydrogens is 460 g/mol. The Balaban J connectivity index is 1.78. The minimum Gasteiger partial charge on any atom is -0.431 e. The number of aliphatic hydroxyl groups is 1. The third kappa shape index (κ3) is 4.93. The zero-order chi connectivity index (χ0) is 24.1. The zero-order valence-electron chi connectivity index (χ0n) is 17.9. The van der Waals surface area contributed by atoms with Gasteiger partial charge in [-0.05, 0) is 35.7 Å². The average Bonchev–Trinajstić information content (AvgIpc) is 2.82. The number of nitrogens with zero attached hydrogens (tertiary/aromatic N) is 5. The van der Waals surface area contributed by atoms with Crippen molar-refractivity contribution in [3.05, 3.63) is 71.3 Å². The van der Waals surface area contributed by atoms with Crippen LogP contribution in [0.15, 0.2) is 53.8 Å². The van der Waals surface area contributed by atoms with Gasteiger partial charge >= 0.3 is 6.11 Å². The van der Waals surface area contributed by atoms with Gasteiger partial charge in [0.1, 0.15) is 29.3 Å². The number of hydrogen-bond acceptors (Lipinski definition) is 7. The molecule has 1 aliphatic rings. The molecule has 0 radical (unpaired) electrons. The van der Waals surface area contributed by atoms with E-state index in [0.717, 1.165) is 25.1 Å². The third-order valence-electron chi connectivity index (χ3n) is 5.19. The molecule has 1 aromatic carbocycles. The summed E-state index contributed by atoms with van der Waals surface area (Å²) in [5.74, 6) is 0.902. The third-order valence-corrected chi connectivity index (χ3v) is 6.24. The van der Waals surface area contributed by atoms with Crippen LogP contribution >= 0.6 is 11.8 Å². The van der Waals surface area contributed by atoms with E-state index in [4.69, 9.17) is 16.7 Å². The lowest BCUT2D eigenvalue weighted by atomic mass is 9.99. The SMILES string of the molecule is [C-]#[N+]c1c(N2CCC2)nc(SCc2cccnc2)c(C#N)c1-c1ccc(OC(F)(F)CO)cc1. The lowest BCUT2D eigenvalue weighted by Gasteiger charge is -2.34. The first-order valence-electron chi connectivity index (χ1n) is 10.4. The number of halogens is 2. The molecule has 10 heteroatoms. The monoisotopic (exact) mass is 479 g/mol. The fourth-order valence-corrected chi connectivity index (χ4v) is 4.33. The van der Waals surface area contributed by atoms with Crippen LogP contribution in [0, 0.1) is 17.9 Å². The van der Waals surface area contributed by atoms with E-state index in [9.17, 15) is 14.0 Å². The van der Waals surface area contributed by atoms with Crippen molar-refractivity contribution in [2.75, 3.05) is 24.6 Å². The Morgan fingerprint density at radius 3 is 2.59 bits per heavy atom. The zero-order valence-corrected chi connectivity index (χ0v) is 18.7. The van der Waals surface area contributed by atoms with E-state index in [2.05, 4.69) is 20.6 Å². The Morgan fingerprint density at radius 1 is 1.26 bits per heavy atom. The second-order valence-corrected chi connectivity index (χ2v) is 8.44. The van der Waals surface area contributed by atoms with Gasteiger partial charge in [0.15, 0.2) is 0 Å². The molecule has 1 saturated heterocycles. The normalized spacial score (nSPS) is 13.0. The number of alkyl halides is 2. The molecule has 7 nitrogen and oxygen atoms in total. The summed E-state index contributed by atoms with van der Waals surface area (Å²) >= 11 is 1.38. The van der Waals surface area contributed by atoms with Gasteiger partial charge in [-0.3, -0.25) is 4.98 Å². The number of aliphatic hydroxyl groups excluding tert-OH is 1. The van der Waals surface area contributed by atoms with Crippen LogP contribution in [0.5, 0.6) is 5.75 Å².